The highest BCUT2D eigenvalue weighted by atomic mass is 16.1. The average molecular weight is 219 g/mol. The second-order valence-corrected chi connectivity index (χ2v) is 3.67. The summed E-state index contributed by atoms with van der Waals surface area (Å²) in [4.78, 5) is 17.0. The number of rotatable bonds is 2. The van der Waals surface area contributed by atoms with Crippen LogP contribution in [0.5, 0.6) is 0 Å². The van der Waals surface area contributed by atoms with Crippen molar-refractivity contribution in [1.29, 1.82) is 0 Å². The molecule has 1 amide bonds. The highest BCUT2D eigenvalue weighted by Crippen LogP contribution is 2.14. The standard InChI is InChI=1S/C10H13N5O/c1-7(16)11-10-12-8-5-4-6-9(14(2)3)15(8)13-10/h4-6H,1-3H3,(H,11,13,16). The van der Waals surface area contributed by atoms with Gasteiger partial charge in [0.1, 0.15) is 5.82 Å². The molecule has 0 spiro atoms. The van der Waals surface area contributed by atoms with Crippen molar-refractivity contribution >= 4 is 23.3 Å². The molecular formula is C10H13N5O. The van der Waals surface area contributed by atoms with Crippen molar-refractivity contribution in [2.45, 2.75) is 6.92 Å². The highest BCUT2D eigenvalue weighted by Gasteiger charge is 2.08. The lowest BCUT2D eigenvalue weighted by Gasteiger charge is -2.12. The zero-order valence-corrected chi connectivity index (χ0v) is 9.43. The first kappa shape index (κ1) is 10.4. The Bertz CT molecular complexity index is 531. The van der Waals surface area contributed by atoms with Gasteiger partial charge in [0.15, 0.2) is 5.65 Å². The maximum atomic E-state index is 10.9. The summed E-state index contributed by atoms with van der Waals surface area (Å²) in [5.74, 6) is 1.05. The van der Waals surface area contributed by atoms with E-state index in [4.69, 9.17) is 0 Å². The molecule has 6 heteroatoms. The molecule has 6 nitrogen and oxygen atoms in total. The van der Waals surface area contributed by atoms with Crippen LogP contribution in [0.15, 0.2) is 18.2 Å². The molecular weight excluding hydrogens is 206 g/mol. The van der Waals surface area contributed by atoms with Crippen LogP contribution in [-0.2, 0) is 4.79 Å². The van der Waals surface area contributed by atoms with Crippen LogP contribution in [-0.4, -0.2) is 34.6 Å². The Morgan fingerprint density at radius 1 is 1.44 bits per heavy atom. The molecule has 2 heterocycles. The molecule has 0 atom stereocenters. The lowest BCUT2D eigenvalue weighted by molar-refractivity contribution is -0.114. The number of pyridine rings is 1. The van der Waals surface area contributed by atoms with Gasteiger partial charge < -0.3 is 4.90 Å². The molecule has 0 aliphatic carbocycles. The van der Waals surface area contributed by atoms with E-state index in [2.05, 4.69) is 15.4 Å². The van der Waals surface area contributed by atoms with Crippen molar-refractivity contribution in [2.75, 3.05) is 24.3 Å². The Hall–Kier alpha value is -2.11. The van der Waals surface area contributed by atoms with Gasteiger partial charge in [0, 0.05) is 21.0 Å². The van der Waals surface area contributed by atoms with Crippen LogP contribution in [0.2, 0.25) is 0 Å². The van der Waals surface area contributed by atoms with E-state index in [1.54, 1.807) is 4.52 Å². The van der Waals surface area contributed by atoms with Crippen molar-refractivity contribution in [1.82, 2.24) is 14.6 Å². The lowest BCUT2D eigenvalue weighted by Crippen LogP contribution is -2.13. The lowest BCUT2D eigenvalue weighted by atomic mass is 10.4. The fourth-order valence-corrected chi connectivity index (χ4v) is 1.44. The molecule has 16 heavy (non-hydrogen) atoms. The number of anilines is 2. The van der Waals surface area contributed by atoms with Crippen LogP contribution in [0.25, 0.3) is 5.65 Å². The first-order valence-corrected chi connectivity index (χ1v) is 4.88. The van der Waals surface area contributed by atoms with Crippen molar-refractivity contribution in [3.05, 3.63) is 18.2 Å². The average Bonchev–Trinajstić information content (AvgIpc) is 2.57. The number of carbonyl (C=O) groups is 1. The number of hydrogen-bond donors (Lipinski definition) is 1. The van der Waals surface area contributed by atoms with Crippen molar-refractivity contribution in [3.63, 3.8) is 0 Å². The summed E-state index contributed by atoms with van der Waals surface area (Å²) in [5, 5.41) is 6.77. The molecule has 0 aromatic carbocycles. The van der Waals surface area contributed by atoms with Crippen LogP contribution in [0.4, 0.5) is 11.8 Å². The van der Waals surface area contributed by atoms with Gasteiger partial charge in [-0.2, -0.15) is 9.50 Å². The molecule has 2 rings (SSSR count). The fraction of sp³-hybridized carbons (Fsp3) is 0.300. The van der Waals surface area contributed by atoms with Gasteiger partial charge >= 0.3 is 0 Å². The summed E-state index contributed by atoms with van der Waals surface area (Å²) >= 11 is 0. The van der Waals surface area contributed by atoms with Crippen molar-refractivity contribution < 1.29 is 4.79 Å². The van der Waals surface area contributed by atoms with Crippen molar-refractivity contribution in [2.24, 2.45) is 0 Å². The second-order valence-electron chi connectivity index (χ2n) is 3.67. The van der Waals surface area contributed by atoms with Gasteiger partial charge in [0.25, 0.3) is 0 Å². The first-order chi connectivity index (χ1) is 7.58. The molecule has 0 unspecified atom stereocenters. The Kier molecular flexibility index (Phi) is 2.47. The summed E-state index contributed by atoms with van der Waals surface area (Å²) in [5.41, 5.74) is 0.704. The predicted molar refractivity (Wildman–Crippen MR) is 61.6 cm³/mol. The van der Waals surface area contributed by atoms with Gasteiger partial charge in [-0.25, -0.2) is 0 Å². The summed E-state index contributed by atoms with van der Waals surface area (Å²) in [7, 11) is 3.85. The molecule has 0 aliphatic rings. The van der Waals surface area contributed by atoms with Crippen LogP contribution in [0, 0.1) is 0 Å². The second kappa shape index (κ2) is 3.80. The van der Waals surface area contributed by atoms with E-state index in [0.29, 0.717) is 11.6 Å². The number of aromatic nitrogens is 3. The molecule has 0 aliphatic heterocycles. The minimum absolute atomic E-state index is 0.178. The quantitative estimate of drug-likeness (QED) is 0.809. The zero-order valence-electron chi connectivity index (χ0n) is 9.43. The van der Waals surface area contributed by atoms with Crippen LogP contribution in [0.1, 0.15) is 6.92 Å². The van der Waals surface area contributed by atoms with Gasteiger partial charge in [0.2, 0.25) is 11.9 Å². The number of nitrogens with zero attached hydrogens (tertiary/aromatic N) is 4. The third-order valence-electron chi connectivity index (χ3n) is 2.09. The maximum Gasteiger partial charge on any atom is 0.249 e. The van der Waals surface area contributed by atoms with E-state index >= 15 is 0 Å². The molecule has 2 aromatic heterocycles. The summed E-state index contributed by atoms with van der Waals surface area (Å²) < 4.78 is 1.69. The Balaban J connectivity index is 2.52. The Morgan fingerprint density at radius 3 is 2.81 bits per heavy atom. The van der Waals surface area contributed by atoms with E-state index in [-0.39, 0.29) is 5.91 Å². The highest BCUT2D eigenvalue weighted by molar-refractivity contribution is 5.86. The van der Waals surface area contributed by atoms with Crippen LogP contribution >= 0.6 is 0 Å². The number of nitrogens with one attached hydrogen (secondary N) is 1. The van der Waals surface area contributed by atoms with Gasteiger partial charge in [-0.05, 0) is 12.1 Å². The minimum Gasteiger partial charge on any atom is -0.363 e. The van der Waals surface area contributed by atoms with Crippen LogP contribution < -0.4 is 10.2 Å². The smallest absolute Gasteiger partial charge is 0.249 e. The molecule has 0 radical (unpaired) electrons. The molecule has 2 aromatic rings. The molecule has 0 saturated heterocycles. The summed E-state index contributed by atoms with van der Waals surface area (Å²) in [6.45, 7) is 1.43. The van der Waals surface area contributed by atoms with E-state index in [9.17, 15) is 4.79 Å². The van der Waals surface area contributed by atoms with E-state index < -0.39 is 0 Å². The summed E-state index contributed by atoms with van der Waals surface area (Å²) in [6.07, 6.45) is 0. The fourth-order valence-electron chi connectivity index (χ4n) is 1.44. The van der Waals surface area contributed by atoms with E-state index in [1.807, 2.05) is 37.2 Å². The molecule has 0 saturated carbocycles. The molecule has 1 N–H and O–H groups in total. The zero-order chi connectivity index (χ0) is 11.7. The normalized spacial score (nSPS) is 10.4. The number of amides is 1. The van der Waals surface area contributed by atoms with Gasteiger partial charge in [-0.15, -0.1) is 5.10 Å². The van der Waals surface area contributed by atoms with Gasteiger partial charge in [-0.3, -0.25) is 10.1 Å². The summed E-state index contributed by atoms with van der Waals surface area (Å²) in [6, 6.07) is 5.67. The molecule has 0 bridgehead atoms. The topological polar surface area (TPSA) is 62.5 Å². The predicted octanol–water partition coefficient (Wildman–Crippen LogP) is 0.754. The SMILES string of the molecule is CC(=O)Nc1nc2cccc(N(C)C)n2n1. The Labute approximate surface area is 92.9 Å². The minimum atomic E-state index is -0.178. The number of hydrogen-bond acceptors (Lipinski definition) is 4. The third-order valence-corrected chi connectivity index (χ3v) is 2.09. The van der Waals surface area contributed by atoms with E-state index in [0.717, 1.165) is 5.82 Å². The monoisotopic (exact) mass is 219 g/mol. The number of carbonyl (C=O) groups excluding carboxylic acids is 1. The molecule has 84 valence electrons. The molecule has 0 fully saturated rings. The number of fused-ring (bicyclic) bond motifs is 1. The van der Waals surface area contributed by atoms with Crippen LogP contribution in [0.3, 0.4) is 0 Å². The largest absolute Gasteiger partial charge is 0.363 e. The first-order valence-electron chi connectivity index (χ1n) is 4.88. The Morgan fingerprint density at radius 2 is 2.19 bits per heavy atom. The van der Waals surface area contributed by atoms with Gasteiger partial charge in [0.05, 0.1) is 0 Å². The maximum absolute atomic E-state index is 10.9. The van der Waals surface area contributed by atoms with E-state index in [1.165, 1.54) is 6.92 Å². The van der Waals surface area contributed by atoms with Crippen molar-refractivity contribution in [3.8, 4) is 0 Å². The van der Waals surface area contributed by atoms with Gasteiger partial charge in [-0.1, -0.05) is 6.07 Å². The third kappa shape index (κ3) is 1.81.